The summed E-state index contributed by atoms with van der Waals surface area (Å²) in [5, 5.41) is 31.7. The van der Waals surface area contributed by atoms with Crippen molar-refractivity contribution in [2.75, 3.05) is 0 Å². The molecule has 6 N–H and O–H groups in total. The SMILES string of the molecule is [2H]OC(=O)C([2H])(N)C([2H])(O)c1cc(O)c(O)cc1[2H]. The van der Waals surface area contributed by atoms with Gasteiger partial charge in [0.1, 0.15) is 12.1 Å². The summed E-state index contributed by atoms with van der Waals surface area (Å²) in [4.78, 5) is 11.1. The fourth-order valence-corrected chi connectivity index (χ4v) is 0.851. The fraction of sp³-hybridized carbons (Fsp3) is 0.222. The summed E-state index contributed by atoms with van der Waals surface area (Å²) in [6, 6.07) is -2.41. The van der Waals surface area contributed by atoms with Gasteiger partial charge in [0.15, 0.2) is 11.5 Å². The van der Waals surface area contributed by atoms with E-state index in [0.717, 1.165) is 0 Å². The van der Waals surface area contributed by atoms with Crippen molar-refractivity contribution in [2.24, 2.45) is 5.73 Å². The van der Waals surface area contributed by atoms with E-state index >= 15 is 0 Å². The monoisotopic (exact) mass is 217 g/mol. The topological polar surface area (TPSA) is 124 Å². The predicted octanol–water partition coefficient (Wildman–Crippen LogP) is -0.457. The van der Waals surface area contributed by atoms with Gasteiger partial charge in [-0.1, -0.05) is 6.04 Å². The number of benzene rings is 1. The van der Waals surface area contributed by atoms with Crippen molar-refractivity contribution in [2.45, 2.75) is 12.1 Å². The Morgan fingerprint density at radius 3 is 2.87 bits per heavy atom. The summed E-state index contributed by atoms with van der Waals surface area (Å²) < 4.78 is 28.8. The predicted molar refractivity (Wildman–Crippen MR) is 50.3 cm³/mol. The number of hydrogen-bond donors (Lipinski definition) is 5. The molecule has 6 heteroatoms. The Kier molecular flexibility index (Phi) is 1.84. The van der Waals surface area contributed by atoms with Crippen LogP contribution in [0.4, 0.5) is 0 Å². The summed E-state index contributed by atoms with van der Waals surface area (Å²) >= 11 is 0. The number of carboxylic acids is 1. The lowest BCUT2D eigenvalue weighted by molar-refractivity contribution is -0.141. The van der Waals surface area contributed by atoms with Gasteiger partial charge < -0.3 is 26.2 Å². The largest absolute Gasteiger partial charge is 0.504 e. The van der Waals surface area contributed by atoms with Gasteiger partial charge in [0.2, 0.25) is 0 Å². The number of phenols is 2. The first kappa shape index (κ1) is 6.65. The number of aromatic hydroxyl groups is 2. The van der Waals surface area contributed by atoms with Crippen molar-refractivity contribution in [1.29, 1.82) is 1.43 Å². The van der Waals surface area contributed by atoms with Gasteiger partial charge in [-0.2, -0.15) is 0 Å². The molecule has 6 nitrogen and oxygen atoms in total. The lowest BCUT2D eigenvalue weighted by Gasteiger charge is -2.15. The maximum atomic E-state index is 11.1. The molecular formula is C9H11NO5. The van der Waals surface area contributed by atoms with Crippen LogP contribution in [0.1, 0.15) is 15.8 Å². The lowest BCUT2D eigenvalue weighted by Crippen LogP contribution is -2.36. The van der Waals surface area contributed by atoms with Crippen LogP contribution in [0, 0.1) is 0 Å². The van der Waals surface area contributed by atoms with Gasteiger partial charge in [0, 0.05) is 0 Å². The number of carboxylic acid groups (broad SMARTS) is 1. The molecule has 1 rings (SSSR count). The Morgan fingerprint density at radius 1 is 1.60 bits per heavy atom. The van der Waals surface area contributed by atoms with Crippen LogP contribution in [0.15, 0.2) is 18.2 Å². The normalized spacial score (nSPS) is 22.3. The molecule has 0 aliphatic carbocycles. The number of carbonyl (C=O) groups is 1. The van der Waals surface area contributed by atoms with Crippen molar-refractivity contribution in [3.05, 3.63) is 23.7 Å². The van der Waals surface area contributed by atoms with Crippen molar-refractivity contribution in [3.8, 4) is 11.5 Å². The number of hydrogen-bond acceptors (Lipinski definition) is 6. The van der Waals surface area contributed by atoms with Crippen LogP contribution in [0.3, 0.4) is 0 Å². The molecule has 1 aromatic carbocycles. The standard InChI is InChI=1S/C9H11NO5/c10-7(9(14)15)8(13)4-1-2-5(11)6(12)3-4/h1-3,7-8,11-13H,10H2,(H,14,15)/i1D,7D,8D/hD. The number of rotatable bonds is 3. The molecule has 0 heterocycles. The maximum absolute atomic E-state index is 11.1. The molecule has 15 heavy (non-hydrogen) atoms. The van der Waals surface area contributed by atoms with Crippen molar-refractivity contribution in [1.82, 2.24) is 0 Å². The van der Waals surface area contributed by atoms with Crippen LogP contribution in [0.5, 0.6) is 11.5 Å². The van der Waals surface area contributed by atoms with Gasteiger partial charge in [0.05, 0.1) is 4.11 Å². The van der Waals surface area contributed by atoms with Gasteiger partial charge in [-0.25, -0.2) is 0 Å². The van der Waals surface area contributed by atoms with E-state index in [1.54, 1.807) is 0 Å². The van der Waals surface area contributed by atoms with E-state index in [0.29, 0.717) is 12.1 Å². The zero-order valence-electron chi connectivity index (χ0n) is 11.4. The Morgan fingerprint density at radius 2 is 2.27 bits per heavy atom. The van der Waals surface area contributed by atoms with Crippen LogP contribution in [0.25, 0.3) is 1.43 Å². The second-order valence-corrected chi connectivity index (χ2v) is 2.67. The zero-order valence-corrected chi connectivity index (χ0v) is 7.39. The highest BCUT2D eigenvalue weighted by Crippen LogP contribution is 2.28. The summed E-state index contributed by atoms with van der Waals surface area (Å²) in [5.41, 5.74) is 4.44. The highest BCUT2D eigenvalue weighted by Gasteiger charge is 2.24. The molecule has 0 radical (unpaired) electrons. The van der Waals surface area contributed by atoms with Crippen molar-refractivity contribution in [3.63, 3.8) is 0 Å². The van der Waals surface area contributed by atoms with Crippen LogP contribution in [-0.4, -0.2) is 32.4 Å². The first-order chi connectivity index (χ1) is 8.55. The zero-order chi connectivity index (χ0) is 15.0. The highest BCUT2D eigenvalue weighted by molar-refractivity contribution is 5.74. The minimum Gasteiger partial charge on any atom is -0.504 e. The second-order valence-electron chi connectivity index (χ2n) is 2.67. The van der Waals surface area contributed by atoms with Crippen LogP contribution in [0.2, 0.25) is 0 Å². The molecule has 0 amide bonds. The van der Waals surface area contributed by atoms with Crippen molar-refractivity contribution >= 4 is 5.97 Å². The quantitative estimate of drug-likeness (QED) is 0.436. The van der Waals surface area contributed by atoms with Gasteiger partial charge in [-0.15, -0.1) is 0 Å². The number of aliphatic hydroxyl groups is 1. The Bertz CT molecular complexity index is 520. The van der Waals surface area contributed by atoms with E-state index in [1.807, 2.05) is 0 Å². The molecule has 0 aliphatic heterocycles. The van der Waals surface area contributed by atoms with E-state index in [4.69, 9.17) is 16.4 Å². The number of phenolic OH excluding ortho intramolecular Hbond substituents is 2. The molecule has 0 aromatic heterocycles. The molecule has 0 aliphatic rings. The number of aliphatic carboxylic acids is 1. The Labute approximate surface area is 90.9 Å². The highest BCUT2D eigenvalue weighted by atomic mass is 16.4. The summed E-state index contributed by atoms with van der Waals surface area (Å²) in [6.45, 7) is 0. The summed E-state index contributed by atoms with van der Waals surface area (Å²) in [6.07, 6.45) is -3.17. The van der Waals surface area contributed by atoms with Crippen LogP contribution >= 0.6 is 0 Å². The minimum atomic E-state index is -3.17. The maximum Gasteiger partial charge on any atom is 0.323 e. The first-order valence-corrected chi connectivity index (χ1v) is 3.77. The van der Waals surface area contributed by atoms with E-state index in [1.165, 1.54) is 0 Å². The van der Waals surface area contributed by atoms with Gasteiger partial charge in [-0.05, 0) is 17.7 Å². The molecular weight excluding hydrogens is 202 g/mol. The molecule has 0 saturated heterocycles. The fourth-order valence-electron chi connectivity index (χ4n) is 0.851. The Hall–Kier alpha value is -1.79. The Balaban J connectivity index is 3.42. The van der Waals surface area contributed by atoms with Crippen LogP contribution < -0.4 is 5.73 Å². The molecule has 82 valence electrons. The third-order valence-electron chi connectivity index (χ3n) is 1.64. The molecule has 0 spiro atoms. The third-order valence-corrected chi connectivity index (χ3v) is 1.64. The van der Waals surface area contributed by atoms with Gasteiger partial charge in [-0.3, -0.25) is 4.79 Å². The molecule has 1 aromatic rings. The molecule has 0 saturated carbocycles. The molecule has 2 atom stereocenters. The minimum absolute atomic E-state index is 0.623. The molecule has 0 bridgehead atoms. The summed E-state index contributed by atoms with van der Waals surface area (Å²) in [7, 11) is 0. The average Bonchev–Trinajstić information content (AvgIpc) is 2.32. The molecule has 0 fully saturated rings. The second kappa shape index (κ2) is 4.16. The summed E-state index contributed by atoms with van der Waals surface area (Å²) in [5.74, 6) is -3.18. The number of nitrogens with two attached hydrogens (primary N) is 1. The van der Waals surface area contributed by atoms with Crippen LogP contribution in [-0.2, 0) is 4.79 Å². The lowest BCUT2D eigenvalue weighted by atomic mass is 10.0. The average molecular weight is 217 g/mol. The van der Waals surface area contributed by atoms with Gasteiger partial charge >= 0.3 is 5.97 Å². The third kappa shape index (κ3) is 2.36. The van der Waals surface area contributed by atoms with Crippen molar-refractivity contribution < 1.29 is 29.3 Å². The van der Waals surface area contributed by atoms with E-state index in [2.05, 4.69) is 5.11 Å². The molecule has 2 unspecified atom stereocenters. The van der Waals surface area contributed by atoms with E-state index in [-0.39, 0.29) is 0 Å². The smallest absolute Gasteiger partial charge is 0.323 e. The first-order valence-electron chi connectivity index (χ1n) is 5.68. The van der Waals surface area contributed by atoms with E-state index in [9.17, 15) is 15.0 Å². The van der Waals surface area contributed by atoms with Gasteiger partial charge in [0.25, 0.3) is 1.43 Å². The van der Waals surface area contributed by atoms with E-state index < -0.39 is 41.2 Å².